The van der Waals surface area contributed by atoms with Gasteiger partial charge < -0.3 is 14.9 Å². The van der Waals surface area contributed by atoms with Crippen molar-refractivity contribution in [3.63, 3.8) is 0 Å². The van der Waals surface area contributed by atoms with Crippen LogP contribution in [0.2, 0.25) is 0 Å². The van der Waals surface area contributed by atoms with Crippen LogP contribution < -0.4 is 4.74 Å². The number of aromatic carboxylic acids is 1. The zero-order valence-electron chi connectivity index (χ0n) is 14.8. The van der Waals surface area contributed by atoms with Gasteiger partial charge in [-0.15, -0.1) is 0 Å². The molecule has 2 rings (SSSR count). The molecule has 0 saturated carbocycles. The molecule has 0 spiro atoms. The topological polar surface area (TPSA) is 66.8 Å². The Morgan fingerprint density at radius 1 is 1.17 bits per heavy atom. The average Bonchev–Trinajstić information content (AvgIpc) is 2.48. The van der Waals surface area contributed by atoms with Gasteiger partial charge in [0.15, 0.2) is 0 Å². The van der Waals surface area contributed by atoms with E-state index < -0.39 is 11.4 Å². The van der Waals surface area contributed by atoms with Gasteiger partial charge in [0, 0.05) is 11.0 Å². The zero-order chi connectivity index (χ0) is 18.1. The van der Waals surface area contributed by atoms with Gasteiger partial charge in [0.2, 0.25) is 0 Å². The minimum atomic E-state index is -1.15. The molecule has 0 aromatic heterocycles. The monoisotopic (exact) mass is 328 g/mol. The number of carboxylic acid groups (broad SMARTS) is 1. The van der Waals surface area contributed by atoms with E-state index in [9.17, 15) is 15.0 Å². The van der Waals surface area contributed by atoms with Crippen LogP contribution in [0.3, 0.4) is 0 Å². The molecule has 2 N–H and O–H groups in total. The first-order chi connectivity index (χ1) is 11.1. The predicted octanol–water partition coefficient (Wildman–Crippen LogP) is 4.51. The summed E-state index contributed by atoms with van der Waals surface area (Å²) < 4.78 is 6.02. The van der Waals surface area contributed by atoms with Crippen LogP contribution in [0.1, 0.15) is 54.7 Å². The van der Waals surface area contributed by atoms with Crippen LogP contribution in [0.25, 0.3) is 0 Å². The van der Waals surface area contributed by atoms with Gasteiger partial charge in [0.05, 0.1) is 6.10 Å². The molecule has 0 aliphatic rings. The van der Waals surface area contributed by atoms with E-state index >= 15 is 0 Å². The standard InChI is InChI=1S/C20H24O4/c1-12(2)24-18-13(3)7-6-8-16(18)20(4,5)14-9-10-17(21)15(11-14)19(22)23/h6-12,21H,1-5H3,(H,22,23). The normalized spacial score (nSPS) is 11.6. The molecule has 0 bridgehead atoms. The molecule has 24 heavy (non-hydrogen) atoms. The summed E-state index contributed by atoms with van der Waals surface area (Å²) in [5.41, 5.74) is 2.25. The largest absolute Gasteiger partial charge is 0.507 e. The Morgan fingerprint density at radius 3 is 2.42 bits per heavy atom. The fourth-order valence-corrected chi connectivity index (χ4v) is 2.79. The number of aryl methyl sites for hydroxylation is 1. The number of benzene rings is 2. The lowest BCUT2D eigenvalue weighted by Gasteiger charge is -2.30. The van der Waals surface area contributed by atoms with E-state index in [0.29, 0.717) is 0 Å². The van der Waals surface area contributed by atoms with Crippen molar-refractivity contribution in [3.8, 4) is 11.5 Å². The summed E-state index contributed by atoms with van der Waals surface area (Å²) in [4.78, 5) is 11.3. The maximum absolute atomic E-state index is 11.3. The molecule has 0 amide bonds. The van der Waals surface area contributed by atoms with E-state index in [-0.39, 0.29) is 17.4 Å². The van der Waals surface area contributed by atoms with Crippen molar-refractivity contribution in [3.05, 3.63) is 58.7 Å². The Labute approximate surface area is 142 Å². The number of rotatable bonds is 5. The Hall–Kier alpha value is -2.49. The molecule has 0 radical (unpaired) electrons. The van der Waals surface area contributed by atoms with E-state index in [0.717, 1.165) is 22.4 Å². The van der Waals surface area contributed by atoms with Crippen LogP contribution in [0, 0.1) is 6.92 Å². The summed E-state index contributed by atoms with van der Waals surface area (Å²) in [5.74, 6) is -0.555. The molecular weight excluding hydrogens is 304 g/mol. The van der Waals surface area contributed by atoms with Crippen molar-refractivity contribution in [2.75, 3.05) is 0 Å². The number of para-hydroxylation sites is 1. The molecule has 0 aliphatic carbocycles. The highest BCUT2D eigenvalue weighted by Gasteiger charge is 2.29. The Kier molecular flexibility index (Phi) is 4.88. The summed E-state index contributed by atoms with van der Waals surface area (Å²) >= 11 is 0. The van der Waals surface area contributed by atoms with Crippen molar-refractivity contribution >= 4 is 5.97 Å². The maximum atomic E-state index is 11.3. The lowest BCUT2D eigenvalue weighted by Crippen LogP contribution is -2.22. The van der Waals surface area contributed by atoms with E-state index in [4.69, 9.17) is 4.74 Å². The molecule has 0 unspecified atom stereocenters. The van der Waals surface area contributed by atoms with Crippen LogP contribution in [0.15, 0.2) is 36.4 Å². The van der Waals surface area contributed by atoms with E-state index in [2.05, 4.69) is 0 Å². The zero-order valence-corrected chi connectivity index (χ0v) is 14.8. The van der Waals surface area contributed by atoms with E-state index in [1.54, 1.807) is 6.07 Å². The highest BCUT2D eigenvalue weighted by atomic mass is 16.5. The summed E-state index contributed by atoms with van der Waals surface area (Å²) in [6, 6.07) is 10.7. The van der Waals surface area contributed by atoms with Crippen LogP contribution in [0.5, 0.6) is 11.5 Å². The Morgan fingerprint density at radius 2 is 1.83 bits per heavy atom. The van der Waals surface area contributed by atoms with Crippen molar-refractivity contribution < 1.29 is 19.7 Å². The number of hydrogen-bond acceptors (Lipinski definition) is 3. The number of aromatic hydroxyl groups is 1. The minimum absolute atomic E-state index is 0.0371. The number of phenols is 1. The minimum Gasteiger partial charge on any atom is -0.507 e. The van der Waals surface area contributed by atoms with Gasteiger partial charge in [-0.05, 0) is 44.0 Å². The molecule has 0 aliphatic heterocycles. The molecule has 4 nitrogen and oxygen atoms in total. The first kappa shape index (κ1) is 17.9. The van der Waals surface area contributed by atoms with Gasteiger partial charge in [-0.2, -0.15) is 0 Å². The predicted molar refractivity (Wildman–Crippen MR) is 94.1 cm³/mol. The van der Waals surface area contributed by atoms with Gasteiger partial charge >= 0.3 is 5.97 Å². The summed E-state index contributed by atoms with van der Waals surface area (Å²) in [7, 11) is 0. The number of carbonyl (C=O) groups is 1. The Balaban J connectivity index is 2.61. The van der Waals surface area contributed by atoms with E-state index in [1.807, 2.05) is 52.8 Å². The second-order valence-electron chi connectivity index (χ2n) is 6.78. The highest BCUT2D eigenvalue weighted by Crippen LogP contribution is 2.40. The average molecular weight is 328 g/mol. The fourth-order valence-electron chi connectivity index (χ4n) is 2.79. The highest BCUT2D eigenvalue weighted by molar-refractivity contribution is 5.91. The summed E-state index contributed by atoms with van der Waals surface area (Å²) in [5, 5.41) is 19.0. The number of hydrogen-bond donors (Lipinski definition) is 2. The van der Waals surface area contributed by atoms with Crippen molar-refractivity contribution in [1.82, 2.24) is 0 Å². The smallest absolute Gasteiger partial charge is 0.339 e. The lowest BCUT2D eigenvalue weighted by atomic mass is 9.76. The lowest BCUT2D eigenvalue weighted by molar-refractivity contribution is 0.0693. The van der Waals surface area contributed by atoms with Crippen LogP contribution in [0.4, 0.5) is 0 Å². The van der Waals surface area contributed by atoms with Gasteiger partial charge in [0.25, 0.3) is 0 Å². The third kappa shape index (κ3) is 3.37. The first-order valence-corrected chi connectivity index (χ1v) is 7.98. The van der Waals surface area contributed by atoms with Gasteiger partial charge in [0.1, 0.15) is 17.1 Å². The third-order valence-electron chi connectivity index (χ3n) is 4.19. The number of ether oxygens (including phenoxy) is 1. The molecule has 0 atom stereocenters. The third-order valence-corrected chi connectivity index (χ3v) is 4.19. The molecule has 0 fully saturated rings. The maximum Gasteiger partial charge on any atom is 0.339 e. The second kappa shape index (κ2) is 6.56. The molecule has 0 saturated heterocycles. The van der Waals surface area contributed by atoms with Crippen molar-refractivity contribution in [2.24, 2.45) is 0 Å². The Bertz CT molecular complexity index is 760. The van der Waals surface area contributed by atoms with Crippen LogP contribution >= 0.6 is 0 Å². The summed E-state index contributed by atoms with van der Waals surface area (Å²) in [6.45, 7) is 10.00. The van der Waals surface area contributed by atoms with E-state index in [1.165, 1.54) is 12.1 Å². The van der Waals surface area contributed by atoms with Crippen molar-refractivity contribution in [2.45, 2.75) is 46.1 Å². The summed E-state index contributed by atoms with van der Waals surface area (Å²) in [6.07, 6.45) is 0.0371. The van der Waals surface area contributed by atoms with Gasteiger partial charge in [-0.1, -0.05) is 38.1 Å². The SMILES string of the molecule is Cc1cccc(C(C)(C)c2ccc(O)c(C(=O)O)c2)c1OC(C)C. The first-order valence-electron chi connectivity index (χ1n) is 7.98. The molecule has 0 heterocycles. The molecule has 2 aromatic carbocycles. The molecule has 2 aromatic rings. The van der Waals surface area contributed by atoms with Gasteiger partial charge in [-0.3, -0.25) is 0 Å². The molecule has 128 valence electrons. The molecular formula is C20H24O4. The van der Waals surface area contributed by atoms with Crippen LogP contribution in [-0.4, -0.2) is 22.3 Å². The molecule has 4 heteroatoms. The second-order valence-corrected chi connectivity index (χ2v) is 6.78. The quantitative estimate of drug-likeness (QED) is 0.847. The fraction of sp³-hybridized carbons (Fsp3) is 0.350. The van der Waals surface area contributed by atoms with Crippen LogP contribution in [-0.2, 0) is 5.41 Å². The van der Waals surface area contributed by atoms with Gasteiger partial charge in [-0.25, -0.2) is 4.79 Å². The number of carboxylic acids is 1. The van der Waals surface area contributed by atoms with Crippen molar-refractivity contribution in [1.29, 1.82) is 0 Å².